The van der Waals surface area contributed by atoms with Crippen molar-refractivity contribution in [2.45, 2.75) is 44.1 Å². The summed E-state index contributed by atoms with van der Waals surface area (Å²) in [5.74, 6) is 1.38. The Morgan fingerprint density at radius 1 is 0.968 bits per heavy atom. The second kappa shape index (κ2) is 9.06. The van der Waals surface area contributed by atoms with E-state index in [1.807, 2.05) is 30.3 Å². The highest BCUT2D eigenvalue weighted by atomic mass is 32.2. The van der Waals surface area contributed by atoms with Crippen LogP contribution >= 0.6 is 0 Å². The monoisotopic (exact) mass is 439 g/mol. The molecule has 164 valence electrons. The van der Waals surface area contributed by atoms with Crippen LogP contribution in [0, 0.1) is 11.8 Å². The smallest absolute Gasteiger partial charge is 0.264 e. The summed E-state index contributed by atoms with van der Waals surface area (Å²) in [6, 6.07) is 19.6. The van der Waals surface area contributed by atoms with Crippen LogP contribution < -0.4 is 9.46 Å². The number of anilines is 1. The zero-order valence-corrected chi connectivity index (χ0v) is 18.5. The van der Waals surface area contributed by atoms with Gasteiger partial charge in [-0.2, -0.15) is 4.98 Å². The molecule has 1 saturated carbocycles. The van der Waals surface area contributed by atoms with Gasteiger partial charge in [-0.3, -0.25) is 0 Å². The molecular formula is C24H29N3O3S. The highest BCUT2D eigenvalue weighted by molar-refractivity contribution is 7.92. The van der Waals surface area contributed by atoms with Crippen LogP contribution in [0.5, 0.6) is 5.88 Å². The summed E-state index contributed by atoms with van der Waals surface area (Å²) in [7, 11) is -3.81. The van der Waals surface area contributed by atoms with Gasteiger partial charge in [0.2, 0.25) is 11.8 Å². The summed E-state index contributed by atoms with van der Waals surface area (Å²) >= 11 is 0. The van der Waals surface area contributed by atoms with Gasteiger partial charge in [-0.1, -0.05) is 68.8 Å². The molecule has 1 aliphatic carbocycles. The van der Waals surface area contributed by atoms with E-state index in [0.29, 0.717) is 23.4 Å². The van der Waals surface area contributed by atoms with Gasteiger partial charge in [0.25, 0.3) is 10.0 Å². The predicted octanol–water partition coefficient (Wildman–Crippen LogP) is 5.39. The first-order valence-corrected chi connectivity index (χ1v) is 12.1. The van der Waals surface area contributed by atoms with Crippen molar-refractivity contribution in [3.8, 4) is 17.1 Å². The second-order valence-corrected chi connectivity index (χ2v) is 9.93. The molecule has 0 radical (unpaired) electrons. The van der Waals surface area contributed by atoms with Gasteiger partial charge in [-0.25, -0.2) is 18.1 Å². The minimum absolute atomic E-state index is 0. The summed E-state index contributed by atoms with van der Waals surface area (Å²) in [5.41, 5.74) is 1.47. The van der Waals surface area contributed by atoms with E-state index in [9.17, 15) is 8.42 Å². The zero-order chi connectivity index (χ0) is 21.8. The van der Waals surface area contributed by atoms with Gasteiger partial charge in [0, 0.05) is 13.1 Å². The first-order valence-electron chi connectivity index (χ1n) is 10.6. The Bertz CT molecular complexity index is 1130. The van der Waals surface area contributed by atoms with Crippen molar-refractivity contribution in [3.63, 3.8) is 0 Å². The van der Waals surface area contributed by atoms with Crippen LogP contribution in [0.1, 0.15) is 34.5 Å². The van der Waals surface area contributed by atoms with Crippen molar-refractivity contribution in [1.29, 1.82) is 0 Å². The van der Waals surface area contributed by atoms with E-state index in [0.717, 1.165) is 18.4 Å². The minimum atomic E-state index is -3.81. The van der Waals surface area contributed by atoms with E-state index < -0.39 is 10.0 Å². The first-order chi connectivity index (χ1) is 14.9. The number of nitrogens with zero attached hydrogens (tertiary/aromatic N) is 2. The third kappa shape index (κ3) is 5.22. The third-order valence-electron chi connectivity index (χ3n) is 5.71. The highest BCUT2D eigenvalue weighted by Crippen LogP contribution is 2.32. The quantitative estimate of drug-likeness (QED) is 0.557. The van der Waals surface area contributed by atoms with Gasteiger partial charge >= 0.3 is 0 Å². The maximum absolute atomic E-state index is 12.8. The molecule has 3 atom stereocenters. The molecule has 1 fully saturated rings. The van der Waals surface area contributed by atoms with Crippen molar-refractivity contribution >= 4 is 16.0 Å². The SMILES string of the molecule is CC1CCC(C)C(Oc2cc(-c3ccccc3)nc(NS(=O)(=O)c3ccccc3)n2)C1.[HH]. The molecule has 4 rings (SSSR count). The Labute approximate surface area is 185 Å². The Morgan fingerprint density at radius 3 is 2.35 bits per heavy atom. The van der Waals surface area contributed by atoms with Gasteiger partial charge in [-0.05, 0) is 36.8 Å². The number of rotatable bonds is 6. The lowest BCUT2D eigenvalue weighted by Crippen LogP contribution is -2.32. The normalized spacial score (nSPS) is 21.4. The van der Waals surface area contributed by atoms with Gasteiger partial charge < -0.3 is 4.74 Å². The number of sulfonamides is 1. The summed E-state index contributed by atoms with van der Waals surface area (Å²) in [6.45, 7) is 4.42. The predicted molar refractivity (Wildman–Crippen MR) is 123 cm³/mol. The van der Waals surface area contributed by atoms with Crippen molar-refractivity contribution in [3.05, 3.63) is 66.7 Å². The van der Waals surface area contributed by atoms with Gasteiger partial charge in [0.1, 0.15) is 6.10 Å². The largest absolute Gasteiger partial charge is 0.474 e. The maximum Gasteiger partial charge on any atom is 0.264 e. The topological polar surface area (TPSA) is 81.2 Å². The third-order valence-corrected chi connectivity index (χ3v) is 7.05. The Balaban J connectivity index is 0.00000289. The molecule has 0 spiro atoms. The van der Waals surface area contributed by atoms with Gasteiger partial charge in [0.15, 0.2) is 0 Å². The highest BCUT2D eigenvalue weighted by Gasteiger charge is 2.28. The van der Waals surface area contributed by atoms with Crippen LogP contribution in [0.3, 0.4) is 0 Å². The molecule has 0 amide bonds. The van der Waals surface area contributed by atoms with Crippen LogP contribution in [0.2, 0.25) is 0 Å². The first kappa shape index (κ1) is 21.3. The van der Waals surface area contributed by atoms with Crippen molar-refractivity contribution in [2.24, 2.45) is 11.8 Å². The van der Waals surface area contributed by atoms with E-state index >= 15 is 0 Å². The van der Waals surface area contributed by atoms with E-state index in [1.165, 1.54) is 18.6 Å². The molecule has 3 unspecified atom stereocenters. The molecular weight excluding hydrogens is 410 g/mol. The molecule has 0 aliphatic heterocycles. The molecule has 6 nitrogen and oxygen atoms in total. The fourth-order valence-corrected chi connectivity index (χ4v) is 4.83. The summed E-state index contributed by atoms with van der Waals surface area (Å²) < 4.78 is 34.4. The number of aromatic nitrogens is 2. The fraction of sp³-hybridized carbons (Fsp3) is 0.333. The molecule has 31 heavy (non-hydrogen) atoms. The Morgan fingerprint density at radius 2 is 1.65 bits per heavy atom. The molecule has 0 saturated heterocycles. The number of hydrogen-bond donors (Lipinski definition) is 1. The van der Waals surface area contributed by atoms with Crippen LogP contribution in [-0.4, -0.2) is 24.5 Å². The van der Waals surface area contributed by atoms with Crippen LogP contribution in [0.4, 0.5) is 5.95 Å². The minimum Gasteiger partial charge on any atom is -0.474 e. The van der Waals surface area contributed by atoms with Crippen molar-refractivity contribution in [1.82, 2.24) is 9.97 Å². The molecule has 1 aromatic heterocycles. The summed E-state index contributed by atoms with van der Waals surface area (Å²) in [5, 5.41) is 0. The molecule has 1 heterocycles. The number of ether oxygens (including phenoxy) is 1. The molecule has 7 heteroatoms. The average molecular weight is 440 g/mol. The van der Waals surface area contributed by atoms with Crippen molar-refractivity contribution in [2.75, 3.05) is 4.72 Å². The zero-order valence-electron chi connectivity index (χ0n) is 17.7. The number of hydrogen-bond acceptors (Lipinski definition) is 5. The summed E-state index contributed by atoms with van der Waals surface area (Å²) in [6.07, 6.45) is 3.30. The van der Waals surface area contributed by atoms with E-state index in [2.05, 4.69) is 28.5 Å². The average Bonchev–Trinajstić information content (AvgIpc) is 2.77. The van der Waals surface area contributed by atoms with Crippen molar-refractivity contribution < 1.29 is 14.6 Å². The lowest BCUT2D eigenvalue weighted by atomic mass is 9.82. The molecule has 2 aromatic carbocycles. The van der Waals surface area contributed by atoms with E-state index in [-0.39, 0.29) is 18.4 Å². The lowest BCUT2D eigenvalue weighted by Gasteiger charge is -2.32. The van der Waals surface area contributed by atoms with Gasteiger partial charge in [-0.15, -0.1) is 0 Å². The number of nitrogens with one attached hydrogen (secondary N) is 1. The summed E-state index contributed by atoms with van der Waals surface area (Å²) in [4.78, 5) is 9.01. The maximum atomic E-state index is 12.8. The standard InChI is InChI=1S/C24H27N3O3S.H2/c1-17-13-14-18(2)22(15-17)30-23-16-21(19-9-5-3-6-10-19)25-24(26-23)27-31(28,29)20-11-7-4-8-12-20;/h3-12,16-18,22H,13-15H2,1-2H3,(H,25,26,27);1H. The Kier molecular flexibility index (Phi) is 6.23. The molecule has 3 aromatic rings. The molecule has 0 bridgehead atoms. The second-order valence-electron chi connectivity index (χ2n) is 8.25. The molecule has 1 aliphatic rings. The lowest BCUT2D eigenvalue weighted by molar-refractivity contribution is 0.0751. The van der Waals surface area contributed by atoms with Crippen LogP contribution in [0.25, 0.3) is 11.3 Å². The number of benzene rings is 2. The fourth-order valence-electron chi connectivity index (χ4n) is 3.87. The van der Waals surface area contributed by atoms with Gasteiger partial charge in [0.05, 0.1) is 10.6 Å². The Hall–Kier alpha value is -2.93. The van der Waals surface area contributed by atoms with E-state index in [1.54, 1.807) is 24.3 Å². The van der Waals surface area contributed by atoms with Crippen LogP contribution in [0.15, 0.2) is 71.6 Å². The van der Waals surface area contributed by atoms with E-state index in [4.69, 9.17) is 4.74 Å². The molecule has 1 N–H and O–H groups in total. The van der Waals surface area contributed by atoms with Crippen LogP contribution in [-0.2, 0) is 10.0 Å².